The monoisotopic (exact) mass is 578 g/mol. The zero-order chi connectivity index (χ0) is 28.8. The van der Waals surface area contributed by atoms with Gasteiger partial charge in [0.05, 0.1) is 4.90 Å². The van der Waals surface area contributed by atoms with Gasteiger partial charge in [-0.1, -0.05) is 12.1 Å². The van der Waals surface area contributed by atoms with E-state index in [0.29, 0.717) is 23.1 Å². The second-order valence-corrected chi connectivity index (χ2v) is 12.0. The van der Waals surface area contributed by atoms with Crippen LogP contribution in [0.4, 0.5) is 31.9 Å². The predicted octanol–water partition coefficient (Wildman–Crippen LogP) is 5.57. The molecule has 214 valence electrons. The maximum Gasteiger partial charge on any atom is 0.243 e. The number of aromatic nitrogens is 2. The van der Waals surface area contributed by atoms with Crippen molar-refractivity contribution >= 4 is 33.2 Å². The summed E-state index contributed by atoms with van der Waals surface area (Å²) in [6.45, 7) is 2.39. The molecule has 41 heavy (non-hydrogen) atoms. The van der Waals surface area contributed by atoms with Gasteiger partial charge >= 0.3 is 0 Å². The van der Waals surface area contributed by atoms with Crippen molar-refractivity contribution in [3.63, 3.8) is 0 Å². The van der Waals surface area contributed by atoms with Gasteiger partial charge in [0.2, 0.25) is 16.0 Å². The molecule has 8 nitrogen and oxygen atoms in total. The van der Waals surface area contributed by atoms with Crippen LogP contribution in [0.3, 0.4) is 0 Å². The fraction of sp³-hybridized carbons (Fsp3) is 0.267. The molecule has 0 aliphatic carbocycles. The number of piperidine rings is 1. The molecule has 1 aromatic heterocycles. The smallest absolute Gasteiger partial charge is 0.243 e. The molecule has 0 bridgehead atoms. The van der Waals surface area contributed by atoms with E-state index in [0.717, 1.165) is 44.5 Å². The summed E-state index contributed by atoms with van der Waals surface area (Å²) >= 11 is 0. The van der Waals surface area contributed by atoms with E-state index in [9.17, 15) is 17.2 Å². The number of halogens is 2. The average Bonchev–Trinajstić information content (AvgIpc) is 2.98. The summed E-state index contributed by atoms with van der Waals surface area (Å²) in [5.74, 6) is 0.302. The van der Waals surface area contributed by atoms with E-state index in [1.54, 1.807) is 67.8 Å². The van der Waals surface area contributed by atoms with Gasteiger partial charge in [0.25, 0.3) is 0 Å². The summed E-state index contributed by atoms with van der Waals surface area (Å²) < 4.78 is 54.8. The lowest BCUT2D eigenvalue weighted by molar-refractivity contribution is 0.171. The Morgan fingerprint density at radius 2 is 1.59 bits per heavy atom. The fourth-order valence-corrected chi connectivity index (χ4v) is 6.27. The zero-order valence-corrected chi connectivity index (χ0v) is 23.5. The maximum absolute atomic E-state index is 13.4. The Bertz CT molecular complexity index is 1560. The highest BCUT2D eigenvalue weighted by atomic mass is 32.2. The van der Waals surface area contributed by atoms with Gasteiger partial charge in [0.15, 0.2) is 0 Å². The van der Waals surface area contributed by atoms with E-state index in [-0.39, 0.29) is 22.6 Å². The first-order valence-electron chi connectivity index (χ1n) is 13.4. The van der Waals surface area contributed by atoms with Crippen LogP contribution in [-0.4, -0.2) is 60.3 Å². The van der Waals surface area contributed by atoms with Crippen molar-refractivity contribution in [2.45, 2.75) is 30.2 Å². The van der Waals surface area contributed by atoms with E-state index >= 15 is 0 Å². The Morgan fingerprint density at radius 3 is 2.29 bits per heavy atom. The van der Waals surface area contributed by atoms with Crippen LogP contribution in [0.15, 0.2) is 90.0 Å². The molecule has 3 aromatic carbocycles. The molecule has 1 aliphatic rings. The largest absolute Gasteiger partial charge is 0.340 e. The van der Waals surface area contributed by atoms with Gasteiger partial charge in [0.1, 0.15) is 17.5 Å². The van der Waals surface area contributed by atoms with Crippen molar-refractivity contribution in [3.8, 4) is 0 Å². The lowest BCUT2D eigenvalue weighted by atomic mass is 10.0. The van der Waals surface area contributed by atoms with Crippen LogP contribution in [-0.2, 0) is 16.4 Å². The van der Waals surface area contributed by atoms with Crippen molar-refractivity contribution in [2.75, 3.05) is 37.3 Å². The highest BCUT2D eigenvalue weighted by Crippen LogP contribution is 2.25. The molecule has 1 aliphatic heterocycles. The van der Waals surface area contributed by atoms with Gasteiger partial charge < -0.3 is 15.5 Å². The second kappa shape index (κ2) is 12.7. The van der Waals surface area contributed by atoms with Crippen LogP contribution in [0, 0.1) is 11.6 Å². The molecule has 0 amide bonds. The predicted molar refractivity (Wildman–Crippen MR) is 156 cm³/mol. The molecular formula is C30H32F2N6O2S. The summed E-state index contributed by atoms with van der Waals surface area (Å²) in [7, 11) is -2.03. The van der Waals surface area contributed by atoms with Crippen molar-refractivity contribution < 1.29 is 17.2 Å². The molecule has 0 radical (unpaired) electrons. The SMILES string of the molecule is CN(C1CCN(CCc2cccc(F)c2)CC1)S(=O)(=O)c1ccc(Nc2nccc(Nc3ccc(F)cc3)n2)cc1. The van der Waals surface area contributed by atoms with Crippen LogP contribution in [0.5, 0.6) is 0 Å². The van der Waals surface area contributed by atoms with E-state index in [4.69, 9.17) is 0 Å². The standard InChI is InChI=1S/C30H32F2N6O2S/c1-37(27-15-19-38(20-16-27)18-14-22-3-2-4-24(32)21-22)41(39,40)28-11-9-26(10-12-28)35-30-33-17-13-29(36-30)34-25-7-5-23(31)6-8-25/h2-13,17,21,27H,14-16,18-20H2,1H3,(H2,33,34,35,36). The minimum atomic E-state index is -3.67. The molecule has 0 saturated carbocycles. The van der Waals surface area contributed by atoms with E-state index in [1.165, 1.54) is 22.5 Å². The summed E-state index contributed by atoms with van der Waals surface area (Å²) in [6, 6.07) is 20.7. The number of nitrogens with zero attached hydrogens (tertiary/aromatic N) is 4. The molecular weight excluding hydrogens is 546 g/mol. The van der Waals surface area contributed by atoms with Gasteiger partial charge in [-0.15, -0.1) is 0 Å². The fourth-order valence-electron chi connectivity index (χ4n) is 4.86. The number of nitrogens with one attached hydrogen (secondary N) is 2. The number of anilines is 4. The minimum Gasteiger partial charge on any atom is -0.340 e. The quantitative estimate of drug-likeness (QED) is 0.254. The third-order valence-electron chi connectivity index (χ3n) is 7.24. The summed E-state index contributed by atoms with van der Waals surface area (Å²) in [5.41, 5.74) is 2.28. The van der Waals surface area contributed by atoms with E-state index in [2.05, 4.69) is 25.5 Å². The van der Waals surface area contributed by atoms with Gasteiger partial charge in [-0.2, -0.15) is 9.29 Å². The van der Waals surface area contributed by atoms with Crippen LogP contribution >= 0.6 is 0 Å². The van der Waals surface area contributed by atoms with Gasteiger partial charge in [-0.25, -0.2) is 22.2 Å². The Hall–Kier alpha value is -3.93. The van der Waals surface area contributed by atoms with Crippen molar-refractivity contribution in [1.82, 2.24) is 19.2 Å². The van der Waals surface area contributed by atoms with Gasteiger partial charge in [0, 0.05) is 37.2 Å². The summed E-state index contributed by atoms with van der Waals surface area (Å²) in [5, 5.41) is 6.17. The van der Waals surface area contributed by atoms with Crippen LogP contribution in [0.2, 0.25) is 0 Å². The molecule has 0 spiro atoms. The topological polar surface area (TPSA) is 90.5 Å². The first-order chi connectivity index (χ1) is 19.8. The van der Waals surface area contributed by atoms with Crippen molar-refractivity contribution in [2.24, 2.45) is 0 Å². The number of sulfonamides is 1. The first-order valence-corrected chi connectivity index (χ1v) is 14.9. The Morgan fingerprint density at radius 1 is 0.902 bits per heavy atom. The molecule has 0 unspecified atom stereocenters. The first kappa shape index (κ1) is 28.6. The third kappa shape index (κ3) is 7.43. The minimum absolute atomic E-state index is 0.0898. The van der Waals surface area contributed by atoms with Gasteiger partial charge in [-0.05, 0) is 105 Å². The molecule has 4 aromatic rings. The van der Waals surface area contributed by atoms with Crippen LogP contribution in [0.25, 0.3) is 0 Å². The Kier molecular flexibility index (Phi) is 8.87. The molecule has 5 rings (SSSR count). The summed E-state index contributed by atoms with van der Waals surface area (Å²) in [6.07, 6.45) is 3.81. The molecule has 1 fully saturated rings. The molecule has 0 atom stereocenters. The van der Waals surface area contributed by atoms with Crippen LogP contribution < -0.4 is 10.6 Å². The number of rotatable bonds is 10. The van der Waals surface area contributed by atoms with E-state index in [1.807, 2.05) is 6.07 Å². The second-order valence-electron chi connectivity index (χ2n) is 10.0. The molecule has 2 N–H and O–H groups in total. The lowest BCUT2D eigenvalue weighted by Gasteiger charge is -2.36. The van der Waals surface area contributed by atoms with Crippen molar-refractivity contribution in [1.29, 1.82) is 0 Å². The Labute approximate surface area is 239 Å². The van der Waals surface area contributed by atoms with Crippen LogP contribution in [0.1, 0.15) is 18.4 Å². The number of benzene rings is 3. The van der Waals surface area contributed by atoms with E-state index < -0.39 is 10.0 Å². The molecule has 1 saturated heterocycles. The van der Waals surface area contributed by atoms with Crippen molar-refractivity contribution in [3.05, 3.63) is 102 Å². The third-order valence-corrected chi connectivity index (χ3v) is 9.16. The molecule has 11 heteroatoms. The maximum atomic E-state index is 13.4. The zero-order valence-electron chi connectivity index (χ0n) is 22.7. The number of hydrogen-bond acceptors (Lipinski definition) is 7. The normalized spacial score (nSPS) is 14.7. The number of likely N-dealkylation sites (tertiary alicyclic amines) is 1. The summed E-state index contributed by atoms with van der Waals surface area (Å²) in [4.78, 5) is 11.1. The highest BCUT2D eigenvalue weighted by molar-refractivity contribution is 7.89. The Balaban J connectivity index is 1.15. The number of hydrogen-bond donors (Lipinski definition) is 2. The average molecular weight is 579 g/mol. The highest BCUT2D eigenvalue weighted by Gasteiger charge is 2.30. The molecule has 2 heterocycles. The lowest BCUT2D eigenvalue weighted by Crippen LogP contribution is -2.45. The van der Waals surface area contributed by atoms with Gasteiger partial charge in [-0.3, -0.25) is 0 Å².